The first-order valence-electron chi connectivity index (χ1n) is 40.1. The number of hydrogen-bond donors (Lipinski definition) is 0. The van der Waals surface area contributed by atoms with E-state index >= 15 is 0 Å². The lowest BCUT2D eigenvalue weighted by Gasteiger charge is -2.34. The van der Waals surface area contributed by atoms with E-state index in [2.05, 4.69) is 425 Å². The molecule has 3 heterocycles. The van der Waals surface area contributed by atoms with Crippen molar-refractivity contribution in [3.05, 3.63) is 487 Å². The number of aromatic nitrogens is 7. The molecule has 118 heavy (non-hydrogen) atoms. The molecule has 7 heteroatoms. The van der Waals surface area contributed by atoms with Gasteiger partial charge in [0.2, 0.25) is 0 Å². The van der Waals surface area contributed by atoms with Gasteiger partial charge in [-0.25, -0.2) is 34.9 Å². The van der Waals surface area contributed by atoms with Crippen molar-refractivity contribution in [2.75, 3.05) is 0 Å². The molecule has 0 saturated heterocycles. The fraction of sp³-hybridized carbons (Fsp3) is 0.0180. The smallest absolute Gasteiger partial charge is 0.164 e. The van der Waals surface area contributed by atoms with Gasteiger partial charge in [0.25, 0.3) is 0 Å². The summed E-state index contributed by atoms with van der Waals surface area (Å²) >= 11 is 0. The highest BCUT2D eigenvalue weighted by atomic mass is 15.0. The van der Waals surface area contributed by atoms with Crippen LogP contribution in [0.5, 0.6) is 0 Å². The van der Waals surface area contributed by atoms with Gasteiger partial charge in [0.15, 0.2) is 34.9 Å². The van der Waals surface area contributed by atoms with E-state index in [1.165, 1.54) is 77.5 Å². The molecule has 22 rings (SSSR count). The molecule has 0 saturated carbocycles. The van der Waals surface area contributed by atoms with Crippen molar-refractivity contribution in [1.82, 2.24) is 34.9 Å². The summed E-state index contributed by atoms with van der Waals surface area (Å²) in [7, 11) is 0. The third kappa shape index (κ3) is 12.5. The summed E-state index contributed by atoms with van der Waals surface area (Å²) in [6, 6.07) is 157. The van der Waals surface area contributed by atoms with Gasteiger partial charge < -0.3 is 0 Å². The van der Waals surface area contributed by atoms with Crippen molar-refractivity contribution >= 4 is 21.7 Å². The van der Waals surface area contributed by atoms with E-state index in [9.17, 15) is 0 Å². The molecular weight excluding hydrogens is 1430 g/mol. The van der Waals surface area contributed by atoms with Crippen LogP contribution in [-0.2, 0) is 10.8 Å². The number of nitrogens with zero attached hydrogens (tertiary/aromatic N) is 7. The second kappa shape index (κ2) is 30.1. The minimum Gasteiger partial charge on any atom is -0.248 e. The molecule has 2 aliphatic carbocycles. The third-order valence-corrected chi connectivity index (χ3v) is 23.4. The quantitative estimate of drug-likeness (QED) is 0.100. The Hall–Kier alpha value is -15.6. The Kier molecular flexibility index (Phi) is 17.9. The van der Waals surface area contributed by atoms with Gasteiger partial charge >= 0.3 is 0 Å². The fourth-order valence-electron chi connectivity index (χ4n) is 17.9. The lowest BCUT2D eigenvalue weighted by atomic mass is 9.67. The second-order valence-corrected chi connectivity index (χ2v) is 30.2. The normalized spacial score (nSPS) is 12.5. The highest BCUT2D eigenvalue weighted by Gasteiger charge is 2.48. The predicted molar refractivity (Wildman–Crippen MR) is 481 cm³/mol. The standard InChI is InChI=1S/C65H43N3.C46H30N4/c1-6-20-44(21-7-1)45-34-36-46(37-35-45)61-66-62(47-38-40-55-53-30-16-18-32-57(53)64(59(55)42-47,49-22-8-2-9-23-49)50-24-10-3-11-25-50)68-63(67-61)48-39-41-56-54-31-17-19-33-58(54)65(60(56)43-48,51-26-12-4-13-27-51)52-28-14-5-15-29-52;1-3-12-31(13-4-1)34-17-9-20-37(28-34)44-48-45(38-21-10-18-35(29-38)32-14-5-2-6-15-32)50-46(49-44)39-22-11-19-36(30-39)42-27-25-41-40-23-8-7-16-33(40)24-26-43(41)47-42/h1-43H;1-30H. The Morgan fingerprint density at radius 1 is 0.153 bits per heavy atom. The Labute approximate surface area is 685 Å². The van der Waals surface area contributed by atoms with Crippen LogP contribution in [0.25, 0.3) is 157 Å². The molecule has 2 aliphatic rings. The van der Waals surface area contributed by atoms with Gasteiger partial charge in [-0.1, -0.05) is 400 Å². The van der Waals surface area contributed by atoms with Crippen molar-refractivity contribution in [2.24, 2.45) is 0 Å². The molecule has 0 N–H and O–H groups in total. The van der Waals surface area contributed by atoms with Crippen LogP contribution in [0.1, 0.15) is 44.5 Å². The van der Waals surface area contributed by atoms with Crippen LogP contribution in [-0.4, -0.2) is 34.9 Å². The zero-order valence-electron chi connectivity index (χ0n) is 64.3. The van der Waals surface area contributed by atoms with E-state index in [4.69, 9.17) is 34.9 Å². The van der Waals surface area contributed by atoms with Gasteiger partial charge in [-0.3, -0.25) is 0 Å². The van der Waals surface area contributed by atoms with Gasteiger partial charge in [0.05, 0.1) is 22.0 Å². The van der Waals surface area contributed by atoms with Crippen LogP contribution < -0.4 is 0 Å². The van der Waals surface area contributed by atoms with Crippen LogP contribution >= 0.6 is 0 Å². The highest BCUT2D eigenvalue weighted by Crippen LogP contribution is 2.59. The molecule has 0 atom stereocenters. The minimum absolute atomic E-state index is 0.566. The number of benzene rings is 17. The number of fused-ring (bicyclic) bond motifs is 9. The molecule has 0 fully saturated rings. The van der Waals surface area contributed by atoms with E-state index in [1.807, 2.05) is 18.2 Å². The summed E-state index contributed by atoms with van der Waals surface area (Å²) in [4.78, 5) is 36.6. The third-order valence-electron chi connectivity index (χ3n) is 23.4. The first-order valence-corrected chi connectivity index (χ1v) is 40.1. The van der Waals surface area contributed by atoms with Crippen molar-refractivity contribution in [1.29, 1.82) is 0 Å². The number of pyridine rings is 1. The summed E-state index contributed by atoms with van der Waals surface area (Å²) in [6.07, 6.45) is 0. The van der Waals surface area contributed by atoms with Crippen LogP contribution in [0.4, 0.5) is 0 Å². The summed E-state index contributed by atoms with van der Waals surface area (Å²) in [5.74, 6) is 3.70. The van der Waals surface area contributed by atoms with E-state index in [1.54, 1.807) is 0 Å². The molecule has 0 spiro atoms. The molecule has 7 nitrogen and oxygen atoms in total. The monoisotopic (exact) mass is 1500 g/mol. The summed E-state index contributed by atoms with van der Waals surface area (Å²) in [5.41, 5.74) is 28.7. The van der Waals surface area contributed by atoms with Crippen molar-refractivity contribution < 1.29 is 0 Å². The topological polar surface area (TPSA) is 90.2 Å². The van der Waals surface area contributed by atoms with E-state index in [0.29, 0.717) is 34.9 Å². The molecule has 0 radical (unpaired) electrons. The maximum absolute atomic E-state index is 5.48. The molecule has 0 unspecified atom stereocenters. The zero-order chi connectivity index (χ0) is 78.4. The zero-order valence-corrected chi connectivity index (χ0v) is 64.3. The van der Waals surface area contributed by atoms with Gasteiger partial charge in [-0.15, -0.1) is 0 Å². The summed E-state index contributed by atoms with van der Waals surface area (Å²) in [6.45, 7) is 0. The highest BCUT2D eigenvalue weighted by molar-refractivity contribution is 6.06. The average Bonchev–Trinajstić information content (AvgIpc) is 1.54. The SMILES string of the molecule is c1ccc(-c2ccc(-c3nc(-c4ccc5c(c4)C(c4ccccc4)(c4ccccc4)c4ccccc4-5)nc(-c4ccc5c(c4)C(c4ccccc4)(c4ccccc4)c4ccccc4-5)n3)cc2)cc1.c1ccc(-c2cccc(-c3nc(-c4cccc(-c5ccccc5)c4)nc(-c4cccc(-c5ccc6c(ccc7ccccc76)n5)c4)n3)c2)cc1. The fourth-order valence-corrected chi connectivity index (χ4v) is 17.9. The maximum Gasteiger partial charge on any atom is 0.164 e. The number of hydrogen-bond acceptors (Lipinski definition) is 7. The van der Waals surface area contributed by atoms with Gasteiger partial charge in [-0.05, 0) is 153 Å². The van der Waals surface area contributed by atoms with E-state index < -0.39 is 10.8 Å². The molecule has 3 aromatic heterocycles. The van der Waals surface area contributed by atoms with E-state index in [0.717, 1.165) is 88.9 Å². The van der Waals surface area contributed by atoms with Crippen LogP contribution in [0.3, 0.4) is 0 Å². The predicted octanol–water partition coefficient (Wildman–Crippen LogP) is 26.8. The van der Waals surface area contributed by atoms with Crippen LogP contribution in [0, 0.1) is 0 Å². The second-order valence-electron chi connectivity index (χ2n) is 30.2. The molecule has 0 amide bonds. The average molecular weight is 1500 g/mol. The Morgan fingerprint density at radius 3 is 0.881 bits per heavy atom. The Balaban J connectivity index is 0.000000154. The lowest BCUT2D eigenvalue weighted by molar-refractivity contribution is 0.768. The van der Waals surface area contributed by atoms with Gasteiger partial charge in [0.1, 0.15) is 0 Å². The largest absolute Gasteiger partial charge is 0.248 e. The van der Waals surface area contributed by atoms with Crippen LogP contribution in [0.15, 0.2) is 443 Å². The summed E-state index contributed by atoms with van der Waals surface area (Å²) < 4.78 is 0. The van der Waals surface area contributed by atoms with E-state index in [-0.39, 0.29) is 0 Å². The molecule has 0 bridgehead atoms. The first-order chi connectivity index (χ1) is 58.5. The molecule has 0 aliphatic heterocycles. The molecular formula is C111H73N7. The maximum atomic E-state index is 5.48. The van der Waals surface area contributed by atoms with Crippen LogP contribution in [0.2, 0.25) is 0 Å². The van der Waals surface area contributed by atoms with Crippen molar-refractivity contribution in [3.8, 4) is 135 Å². The first kappa shape index (κ1) is 70.3. The Morgan fingerprint density at radius 2 is 0.449 bits per heavy atom. The van der Waals surface area contributed by atoms with Gasteiger partial charge in [-0.2, -0.15) is 0 Å². The lowest BCUT2D eigenvalue weighted by Crippen LogP contribution is -2.28. The Bertz CT molecular complexity index is 6770. The molecule has 20 aromatic rings. The molecule has 552 valence electrons. The van der Waals surface area contributed by atoms with Crippen molar-refractivity contribution in [3.63, 3.8) is 0 Å². The van der Waals surface area contributed by atoms with Crippen molar-refractivity contribution in [2.45, 2.75) is 10.8 Å². The summed E-state index contributed by atoms with van der Waals surface area (Å²) in [5, 5.41) is 3.56. The van der Waals surface area contributed by atoms with Gasteiger partial charge in [0, 0.05) is 44.3 Å². The number of rotatable bonds is 14. The minimum atomic E-state index is -0.566. The molecule has 17 aromatic carbocycles.